The predicted octanol–water partition coefficient (Wildman–Crippen LogP) is 2.79. The third-order valence-corrected chi connectivity index (χ3v) is 3.32. The van der Waals surface area contributed by atoms with Crippen LogP contribution in [-0.4, -0.2) is 26.7 Å². The van der Waals surface area contributed by atoms with Crippen LogP contribution in [0.4, 0.5) is 23.3 Å². The van der Waals surface area contributed by atoms with Gasteiger partial charge in [-0.25, -0.2) is 15.0 Å². The normalized spacial score (nSPS) is 12.0. The third-order valence-electron chi connectivity index (χ3n) is 3.32. The van der Waals surface area contributed by atoms with E-state index < -0.39 is 0 Å². The standard InChI is InChI=1S/C16H14N6O2/c1-10-6-15(20-11-2-3-12-13(7-11)24-9-23-12)22-16(19-10)21-14-4-5-17-8-18-14/h2-8H,9H2,1H3,(H2,17,18,19,20,21,22). The summed E-state index contributed by atoms with van der Waals surface area (Å²) in [4.78, 5) is 16.8. The van der Waals surface area contributed by atoms with Gasteiger partial charge in [-0.15, -0.1) is 0 Å². The van der Waals surface area contributed by atoms with E-state index in [1.807, 2.05) is 31.2 Å². The Labute approximate surface area is 137 Å². The average Bonchev–Trinajstić information content (AvgIpc) is 3.03. The zero-order valence-electron chi connectivity index (χ0n) is 12.9. The van der Waals surface area contributed by atoms with Gasteiger partial charge in [0.05, 0.1) is 0 Å². The van der Waals surface area contributed by atoms with Crippen molar-refractivity contribution in [2.45, 2.75) is 6.92 Å². The van der Waals surface area contributed by atoms with Crippen LogP contribution in [0.2, 0.25) is 0 Å². The van der Waals surface area contributed by atoms with Gasteiger partial charge in [-0.1, -0.05) is 0 Å². The van der Waals surface area contributed by atoms with Gasteiger partial charge in [-0.2, -0.15) is 4.98 Å². The number of nitrogens with zero attached hydrogens (tertiary/aromatic N) is 4. The van der Waals surface area contributed by atoms with Crippen LogP contribution in [0.25, 0.3) is 0 Å². The van der Waals surface area contributed by atoms with E-state index in [0.717, 1.165) is 17.1 Å². The van der Waals surface area contributed by atoms with Crippen LogP contribution in [0.5, 0.6) is 11.5 Å². The summed E-state index contributed by atoms with van der Waals surface area (Å²) in [5.41, 5.74) is 1.68. The lowest BCUT2D eigenvalue weighted by atomic mass is 10.2. The first-order valence-corrected chi connectivity index (χ1v) is 7.32. The SMILES string of the molecule is Cc1cc(Nc2ccc3c(c2)OCO3)nc(Nc2ccncn2)n1. The molecule has 0 saturated carbocycles. The van der Waals surface area contributed by atoms with Crippen molar-refractivity contribution in [1.82, 2.24) is 19.9 Å². The Morgan fingerprint density at radius 3 is 2.75 bits per heavy atom. The monoisotopic (exact) mass is 322 g/mol. The molecule has 8 nitrogen and oxygen atoms in total. The molecule has 0 aliphatic carbocycles. The minimum atomic E-state index is 0.248. The van der Waals surface area contributed by atoms with E-state index in [9.17, 15) is 0 Å². The largest absolute Gasteiger partial charge is 0.454 e. The number of anilines is 4. The predicted molar refractivity (Wildman–Crippen MR) is 87.9 cm³/mol. The Bertz CT molecular complexity index is 872. The van der Waals surface area contributed by atoms with Crippen molar-refractivity contribution < 1.29 is 9.47 Å². The van der Waals surface area contributed by atoms with E-state index in [0.29, 0.717) is 23.3 Å². The smallest absolute Gasteiger partial charge is 0.231 e. The lowest BCUT2D eigenvalue weighted by Crippen LogP contribution is -2.03. The number of nitrogens with one attached hydrogen (secondary N) is 2. The summed E-state index contributed by atoms with van der Waals surface area (Å²) in [5.74, 6) is 3.20. The maximum atomic E-state index is 5.38. The first-order chi connectivity index (χ1) is 11.8. The van der Waals surface area contributed by atoms with Gasteiger partial charge in [0.25, 0.3) is 0 Å². The van der Waals surface area contributed by atoms with Crippen LogP contribution in [0.1, 0.15) is 5.69 Å². The van der Waals surface area contributed by atoms with Crippen molar-refractivity contribution in [1.29, 1.82) is 0 Å². The molecule has 3 aromatic rings. The van der Waals surface area contributed by atoms with E-state index in [2.05, 4.69) is 30.6 Å². The molecule has 120 valence electrons. The van der Waals surface area contributed by atoms with Gasteiger partial charge >= 0.3 is 0 Å². The highest BCUT2D eigenvalue weighted by Crippen LogP contribution is 2.35. The van der Waals surface area contributed by atoms with Crippen molar-refractivity contribution in [2.24, 2.45) is 0 Å². The summed E-state index contributed by atoms with van der Waals surface area (Å²) in [6.45, 7) is 2.15. The molecule has 1 aromatic carbocycles. The first-order valence-electron chi connectivity index (χ1n) is 7.32. The summed E-state index contributed by atoms with van der Waals surface area (Å²) in [7, 11) is 0. The molecule has 4 rings (SSSR count). The number of benzene rings is 1. The highest BCUT2D eigenvalue weighted by atomic mass is 16.7. The maximum absolute atomic E-state index is 5.38. The number of aryl methyl sites for hydroxylation is 1. The van der Waals surface area contributed by atoms with Gasteiger partial charge in [0, 0.05) is 29.7 Å². The Balaban J connectivity index is 1.57. The molecule has 0 spiro atoms. The molecule has 0 bridgehead atoms. The van der Waals surface area contributed by atoms with E-state index in [-0.39, 0.29) is 6.79 Å². The molecule has 8 heteroatoms. The third kappa shape index (κ3) is 3.02. The molecule has 0 unspecified atom stereocenters. The lowest BCUT2D eigenvalue weighted by Gasteiger charge is -2.10. The van der Waals surface area contributed by atoms with E-state index in [4.69, 9.17) is 9.47 Å². The van der Waals surface area contributed by atoms with Crippen molar-refractivity contribution >= 4 is 23.3 Å². The molecule has 1 aliphatic heterocycles. The minimum absolute atomic E-state index is 0.248. The molecule has 2 aromatic heterocycles. The number of hydrogen-bond acceptors (Lipinski definition) is 8. The Kier molecular flexibility index (Phi) is 3.54. The highest BCUT2D eigenvalue weighted by molar-refractivity contribution is 5.63. The van der Waals surface area contributed by atoms with E-state index in [1.165, 1.54) is 6.33 Å². The average molecular weight is 322 g/mol. The molecule has 1 aliphatic rings. The Morgan fingerprint density at radius 1 is 0.958 bits per heavy atom. The van der Waals surface area contributed by atoms with Crippen molar-refractivity contribution in [3.05, 3.63) is 48.5 Å². The summed E-state index contributed by atoms with van der Waals surface area (Å²) in [5, 5.41) is 6.30. The molecule has 0 atom stereocenters. The minimum Gasteiger partial charge on any atom is -0.454 e. The zero-order valence-corrected chi connectivity index (χ0v) is 12.9. The van der Waals surface area contributed by atoms with Gasteiger partial charge in [-0.3, -0.25) is 0 Å². The number of ether oxygens (including phenoxy) is 2. The van der Waals surface area contributed by atoms with Gasteiger partial charge in [0.2, 0.25) is 12.7 Å². The van der Waals surface area contributed by atoms with Crippen molar-refractivity contribution in [2.75, 3.05) is 17.4 Å². The van der Waals surface area contributed by atoms with Gasteiger partial charge in [-0.05, 0) is 25.1 Å². The molecule has 24 heavy (non-hydrogen) atoms. The lowest BCUT2D eigenvalue weighted by molar-refractivity contribution is 0.174. The molecular formula is C16H14N6O2. The summed E-state index contributed by atoms with van der Waals surface area (Å²) >= 11 is 0. The van der Waals surface area contributed by atoms with Crippen LogP contribution >= 0.6 is 0 Å². The molecule has 3 heterocycles. The van der Waals surface area contributed by atoms with Crippen LogP contribution in [-0.2, 0) is 0 Å². The van der Waals surface area contributed by atoms with E-state index >= 15 is 0 Å². The summed E-state index contributed by atoms with van der Waals surface area (Å²) < 4.78 is 10.7. The van der Waals surface area contributed by atoms with Crippen LogP contribution in [0.15, 0.2) is 42.9 Å². The number of rotatable bonds is 4. The highest BCUT2D eigenvalue weighted by Gasteiger charge is 2.13. The Hall–Kier alpha value is -3.42. The Morgan fingerprint density at radius 2 is 1.88 bits per heavy atom. The van der Waals surface area contributed by atoms with Crippen LogP contribution in [0.3, 0.4) is 0 Å². The van der Waals surface area contributed by atoms with Gasteiger partial charge in [0.1, 0.15) is 18.0 Å². The fourth-order valence-electron chi connectivity index (χ4n) is 2.29. The second kappa shape index (κ2) is 5.99. The molecule has 0 amide bonds. The summed E-state index contributed by atoms with van der Waals surface area (Å²) in [6, 6.07) is 9.24. The van der Waals surface area contributed by atoms with E-state index in [1.54, 1.807) is 12.3 Å². The first kappa shape index (κ1) is 14.2. The quantitative estimate of drug-likeness (QED) is 0.757. The molecule has 0 saturated heterocycles. The number of fused-ring (bicyclic) bond motifs is 1. The fraction of sp³-hybridized carbons (Fsp3) is 0.125. The van der Waals surface area contributed by atoms with Crippen LogP contribution < -0.4 is 20.1 Å². The molecular weight excluding hydrogens is 308 g/mol. The van der Waals surface area contributed by atoms with Crippen molar-refractivity contribution in [3.8, 4) is 11.5 Å². The van der Waals surface area contributed by atoms with Gasteiger partial charge < -0.3 is 20.1 Å². The topological polar surface area (TPSA) is 94.1 Å². The second-order valence-corrected chi connectivity index (χ2v) is 5.13. The zero-order chi connectivity index (χ0) is 16.4. The second-order valence-electron chi connectivity index (χ2n) is 5.13. The molecule has 0 radical (unpaired) electrons. The summed E-state index contributed by atoms with van der Waals surface area (Å²) in [6.07, 6.45) is 3.11. The van der Waals surface area contributed by atoms with Crippen LogP contribution in [0, 0.1) is 6.92 Å². The molecule has 0 fully saturated rings. The number of aromatic nitrogens is 4. The fourth-order valence-corrected chi connectivity index (χ4v) is 2.29. The number of hydrogen-bond donors (Lipinski definition) is 2. The van der Waals surface area contributed by atoms with Gasteiger partial charge in [0.15, 0.2) is 11.5 Å². The maximum Gasteiger partial charge on any atom is 0.231 e. The van der Waals surface area contributed by atoms with Crippen molar-refractivity contribution in [3.63, 3.8) is 0 Å². The molecule has 2 N–H and O–H groups in total.